The van der Waals surface area contributed by atoms with E-state index in [1.165, 1.54) is 12.0 Å². The molecule has 0 fully saturated rings. The van der Waals surface area contributed by atoms with E-state index in [-0.39, 0.29) is 0 Å². The lowest BCUT2D eigenvalue weighted by atomic mass is 10.1. The van der Waals surface area contributed by atoms with Gasteiger partial charge in [0, 0.05) is 31.9 Å². The summed E-state index contributed by atoms with van der Waals surface area (Å²) in [6.45, 7) is 12.8. The molecular weight excluding hydrogens is 378 g/mol. The highest BCUT2D eigenvalue weighted by atomic mass is 16.6. The number of hydrogen-bond acceptors (Lipinski definition) is 4. The minimum absolute atomic E-state index is 0.442. The van der Waals surface area contributed by atoms with E-state index in [1.54, 1.807) is 7.05 Å². The SMILES string of the molecule is CN=C(NCCCCN(C)C(C)C)NCCc1ccc(NC(=O)OC(C)(C)C)cc1. The third-order valence-corrected chi connectivity index (χ3v) is 4.64. The van der Waals surface area contributed by atoms with Gasteiger partial charge in [0.2, 0.25) is 0 Å². The van der Waals surface area contributed by atoms with Gasteiger partial charge in [0.25, 0.3) is 0 Å². The summed E-state index contributed by atoms with van der Waals surface area (Å²) in [6, 6.07) is 8.39. The maximum Gasteiger partial charge on any atom is 0.412 e. The third-order valence-electron chi connectivity index (χ3n) is 4.64. The molecule has 0 atom stereocenters. The normalized spacial score (nSPS) is 12.2. The summed E-state index contributed by atoms with van der Waals surface area (Å²) in [4.78, 5) is 18.5. The molecule has 0 radical (unpaired) electrons. The molecule has 30 heavy (non-hydrogen) atoms. The second-order valence-corrected chi connectivity index (χ2v) is 8.78. The van der Waals surface area contributed by atoms with E-state index in [4.69, 9.17) is 4.74 Å². The molecule has 0 saturated heterocycles. The lowest BCUT2D eigenvalue weighted by Crippen LogP contribution is -2.39. The molecule has 0 unspecified atom stereocenters. The fourth-order valence-electron chi connectivity index (χ4n) is 2.67. The van der Waals surface area contributed by atoms with Gasteiger partial charge in [0.15, 0.2) is 5.96 Å². The minimum atomic E-state index is -0.507. The molecule has 0 saturated carbocycles. The molecule has 1 amide bonds. The summed E-state index contributed by atoms with van der Waals surface area (Å²) in [5.41, 5.74) is 1.40. The Hall–Kier alpha value is -2.28. The van der Waals surface area contributed by atoms with E-state index in [0.717, 1.165) is 44.1 Å². The van der Waals surface area contributed by atoms with Crippen molar-refractivity contribution in [3.63, 3.8) is 0 Å². The van der Waals surface area contributed by atoms with Gasteiger partial charge in [0.05, 0.1) is 0 Å². The van der Waals surface area contributed by atoms with Crippen molar-refractivity contribution in [1.82, 2.24) is 15.5 Å². The summed E-state index contributed by atoms with van der Waals surface area (Å²) < 4.78 is 5.26. The number of anilines is 1. The van der Waals surface area contributed by atoms with Gasteiger partial charge in [-0.25, -0.2) is 4.79 Å². The van der Waals surface area contributed by atoms with Crippen LogP contribution in [0.15, 0.2) is 29.3 Å². The van der Waals surface area contributed by atoms with Gasteiger partial charge in [-0.2, -0.15) is 0 Å². The van der Waals surface area contributed by atoms with Crippen molar-refractivity contribution in [2.24, 2.45) is 4.99 Å². The summed E-state index contributed by atoms with van der Waals surface area (Å²) in [6.07, 6.45) is 2.71. The van der Waals surface area contributed by atoms with E-state index < -0.39 is 11.7 Å². The van der Waals surface area contributed by atoms with Gasteiger partial charge in [-0.1, -0.05) is 12.1 Å². The maximum absolute atomic E-state index is 11.8. The topological polar surface area (TPSA) is 78.0 Å². The monoisotopic (exact) mass is 419 g/mol. The summed E-state index contributed by atoms with van der Waals surface area (Å²) in [5, 5.41) is 9.46. The Morgan fingerprint density at radius 1 is 1.10 bits per heavy atom. The van der Waals surface area contributed by atoms with E-state index in [9.17, 15) is 4.79 Å². The Morgan fingerprint density at radius 2 is 1.73 bits per heavy atom. The molecule has 3 N–H and O–H groups in total. The zero-order valence-electron chi connectivity index (χ0n) is 19.8. The standard InChI is InChI=1S/C23H41N5O2/c1-18(2)28(7)17-9-8-15-25-21(24-6)26-16-14-19-10-12-20(13-11-19)27-22(29)30-23(3,4)5/h10-13,18H,8-9,14-17H2,1-7H3,(H,27,29)(H2,24,25,26). The predicted octanol–water partition coefficient (Wildman–Crippen LogP) is 3.86. The van der Waals surface area contributed by atoms with Crippen LogP contribution in [0.1, 0.15) is 53.0 Å². The average Bonchev–Trinajstić information content (AvgIpc) is 2.65. The van der Waals surface area contributed by atoms with Gasteiger partial charge >= 0.3 is 6.09 Å². The first-order chi connectivity index (χ1) is 14.1. The van der Waals surface area contributed by atoms with Crippen LogP contribution >= 0.6 is 0 Å². The van der Waals surface area contributed by atoms with Crippen molar-refractivity contribution in [3.05, 3.63) is 29.8 Å². The molecule has 0 aromatic heterocycles. The van der Waals surface area contributed by atoms with Gasteiger partial charge in [-0.3, -0.25) is 10.3 Å². The number of guanidine groups is 1. The number of carbonyl (C=O) groups excluding carboxylic acids is 1. The Bertz CT molecular complexity index is 651. The van der Waals surface area contributed by atoms with E-state index in [1.807, 2.05) is 45.0 Å². The van der Waals surface area contributed by atoms with Crippen LogP contribution in [0.3, 0.4) is 0 Å². The average molecular weight is 420 g/mol. The number of ether oxygens (including phenoxy) is 1. The Morgan fingerprint density at radius 3 is 2.30 bits per heavy atom. The molecule has 0 bridgehead atoms. The lowest BCUT2D eigenvalue weighted by Gasteiger charge is -2.20. The number of nitrogens with zero attached hydrogens (tertiary/aromatic N) is 2. The third kappa shape index (κ3) is 11.7. The van der Waals surface area contributed by atoms with Crippen LogP contribution in [-0.4, -0.2) is 62.3 Å². The van der Waals surface area contributed by atoms with Gasteiger partial charge in [-0.15, -0.1) is 0 Å². The predicted molar refractivity (Wildman–Crippen MR) is 126 cm³/mol. The van der Waals surface area contributed by atoms with Crippen LogP contribution < -0.4 is 16.0 Å². The van der Waals surface area contributed by atoms with Crippen molar-refractivity contribution < 1.29 is 9.53 Å². The Labute approximate surface area is 182 Å². The number of benzene rings is 1. The zero-order valence-corrected chi connectivity index (χ0v) is 19.8. The second-order valence-electron chi connectivity index (χ2n) is 8.78. The number of aliphatic imine (C=N–C) groups is 1. The smallest absolute Gasteiger partial charge is 0.412 e. The molecule has 7 heteroatoms. The van der Waals surface area contributed by atoms with Crippen LogP contribution in [0.4, 0.5) is 10.5 Å². The minimum Gasteiger partial charge on any atom is -0.444 e. The van der Waals surface area contributed by atoms with E-state index in [2.05, 4.69) is 46.7 Å². The number of carbonyl (C=O) groups is 1. The van der Waals surface area contributed by atoms with Crippen molar-refractivity contribution in [2.45, 2.75) is 65.5 Å². The summed E-state index contributed by atoms with van der Waals surface area (Å²) in [5.74, 6) is 0.829. The number of amides is 1. The second kappa shape index (κ2) is 13.1. The fourth-order valence-corrected chi connectivity index (χ4v) is 2.67. The number of nitrogens with one attached hydrogen (secondary N) is 3. The molecule has 0 spiro atoms. The number of hydrogen-bond donors (Lipinski definition) is 3. The van der Waals surface area contributed by atoms with Gasteiger partial charge in [-0.05, 0) is 85.2 Å². The van der Waals surface area contributed by atoms with E-state index in [0.29, 0.717) is 6.04 Å². The van der Waals surface area contributed by atoms with Crippen LogP contribution in [0.25, 0.3) is 0 Å². The maximum atomic E-state index is 11.8. The first-order valence-electron chi connectivity index (χ1n) is 10.8. The molecule has 170 valence electrons. The lowest BCUT2D eigenvalue weighted by molar-refractivity contribution is 0.0636. The highest BCUT2D eigenvalue weighted by Crippen LogP contribution is 2.13. The fraction of sp³-hybridized carbons (Fsp3) is 0.652. The van der Waals surface area contributed by atoms with Crippen LogP contribution in [0.2, 0.25) is 0 Å². The van der Waals surface area contributed by atoms with Crippen LogP contribution in [0, 0.1) is 0 Å². The van der Waals surface area contributed by atoms with Gasteiger partial charge in [0.1, 0.15) is 5.60 Å². The Kier molecular flexibility index (Phi) is 11.3. The number of rotatable bonds is 10. The molecule has 0 aliphatic heterocycles. The van der Waals surface area contributed by atoms with Crippen molar-refractivity contribution in [3.8, 4) is 0 Å². The van der Waals surface area contributed by atoms with Crippen LogP contribution in [-0.2, 0) is 11.2 Å². The molecule has 1 rings (SSSR count). The summed E-state index contributed by atoms with van der Waals surface area (Å²) >= 11 is 0. The molecule has 1 aromatic rings. The van der Waals surface area contributed by atoms with Crippen LogP contribution in [0.5, 0.6) is 0 Å². The molecule has 0 aliphatic rings. The first-order valence-corrected chi connectivity index (χ1v) is 10.8. The molecule has 1 aromatic carbocycles. The zero-order chi connectivity index (χ0) is 22.6. The molecule has 0 heterocycles. The van der Waals surface area contributed by atoms with Crippen molar-refractivity contribution in [1.29, 1.82) is 0 Å². The molecule has 7 nitrogen and oxygen atoms in total. The quantitative estimate of drug-likeness (QED) is 0.305. The highest BCUT2D eigenvalue weighted by Gasteiger charge is 2.16. The summed E-state index contributed by atoms with van der Waals surface area (Å²) in [7, 11) is 3.96. The molecular formula is C23H41N5O2. The molecule has 0 aliphatic carbocycles. The van der Waals surface area contributed by atoms with Crippen molar-refractivity contribution in [2.75, 3.05) is 39.0 Å². The van der Waals surface area contributed by atoms with Crippen molar-refractivity contribution >= 4 is 17.7 Å². The number of unbranched alkanes of at least 4 members (excludes halogenated alkanes) is 1. The Balaban J connectivity index is 2.27. The van der Waals surface area contributed by atoms with E-state index >= 15 is 0 Å². The largest absolute Gasteiger partial charge is 0.444 e. The highest BCUT2D eigenvalue weighted by molar-refractivity contribution is 5.84. The van der Waals surface area contributed by atoms with Gasteiger partial charge < -0.3 is 20.3 Å². The first kappa shape index (κ1) is 25.8.